The quantitative estimate of drug-likeness (QED) is 0.776. The van der Waals surface area contributed by atoms with Crippen LogP contribution in [0.25, 0.3) is 0 Å². The van der Waals surface area contributed by atoms with E-state index in [2.05, 4.69) is 10.6 Å². The third kappa shape index (κ3) is 4.10. The van der Waals surface area contributed by atoms with E-state index in [1.54, 1.807) is 12.1 Å². The van der Waals surface area contributed by atoms with Crippen molar-refractivity contribution in [2.75, 3.05) is 10.6 Å². The van der Waals surface area contributed by atoms with Crippen LogP contribution in [0.15, 0.2) is 42.5 Å². The molecule has 2 amide bonds. The maximum Gasteiger partial charge on any atom is 0.335 e. The maximum absolute atomic E-state index is 12.2. The summed E-state index contributed by atoms with van der Waals surface area (Å²) in [7, 11) is 0. The molecule has 5 heteroatoms. The van der Waals surface area contributed by atoms with E-state index in [4.69, 9.17) is 5.11 Å². The Morgan fingerprint density at radius 2 is 1.48 bits per heavy atom. The Morgan fingerprint density at radius 3 is 1.96 bits per heavy atom. The number of carbonyl (C=O) groups excluding carboxylic acids is 1. The van der Waals surface area contributed by atoms with Crippen molar-refractivity contribution >= 4 is 23.4 Å². The fourth-order valence-electron chi connectivity index (χ4n) is 2.38. The summed E-state index contributed by atoms with van der Waals surface area (Å²) in [5.41, 5.74) is 3.73. The molecule has 0 saturated carbocycles. The maximum atomic E-state index is 12.2. The van der Waals surface area contributed by atoms with Gasteiger partial charge in [-0.25, -0.2) is 9.59 Å². The zero-order valence-electron chi connectivity index (χ0n) is 13.2. The Labute approximate surface area is 135 Å². The first-order valence-corrected chi connectivity index (χ1v) is 7.57. The van der Waals surface area contributed by atoms with E-state index in [0.29, 0.717) is 5.69 Å². The van der Waals surface area contributed by atoms with Crippen LogP contribution in [0.3, 0.4) is 0 Å². The topological polar surface area (TPSA) is 78.4 Å². The van der Waals surface area contributed by atoms with Crippen molar-refractivity contribution in [2.24, 2.45) is 0 Å². The first-order chi connectivity index (χ1) is 11.0. The number of carboxylic acids is 1. The number of anilines is 2. The minimum atomic E-state index is -0.995. The van der Waals surface area contributed by atoms with Gasteiger partial charge in [-0.15, -0.1) is 0 Å². The van der Waals surface area contributed by atoms with Gasteiger partial charge in [0.05, 0.1) is 5.56 Å². The number of rotatable bonds is 5. The van der Waals surface area contributed by atoms with Crippen molar-refractivity contribution in [2.45, 2.75) is 26.7 Å². The lowest BCUT2D eigenvalue weighted by Crippen LogP contribution is -2.21. The number of urea groups is 1. The number of para-hydroxylation sites is 1. The average Bonchev–Trinajstić information content (AvgIpc) is 2.55. The standard InChI is InChI=1S/C18H20N2O3/c1-3-12-6-5-7-13(4-2)16(12)20-18(23)19-15-10-8-14(9-11-15)17(21)22/h5-11H,3-4H2,1-2H3,(H,21,22)(H2,19,20,23). The lowest BCUT2D eigenvalue weighted by atomic mass is 10.0. The highest BCUT2D eigenvalue weighted by Gasteiger charge is 2.10. The molecule has 0 atom stereocenters. The average molecular weight is 312 g/mol. The zero-order valence-corrected chi connectivity index (χ0v) is 13.2. The molecule has 0 spiro atoms. The van der Waals surface area contributed by atoms with Gasteiger partial charge in [-0.1, -0.05) is 32.0 Å². The smallest absolute Gasteiger partial charge is 0.335 e. The molecule has 0 fully saturated rings. The van der Waals surface area contributed by atoms with Crippen LogP contribution < -0.4 is 10.6 Å². The van der Waals surface area contributed by atoms with E-state index in [1.165, 1.54) is 12.1 Å². The Bertz CT molecular complexity index is 686. The molecule has 2 aromatic carbocycles. The summed E-state index contributed by atoms with van der Waals surface area (Å²) in [5, 5.41) is 14.5. The molecule has 2 rings (SSSR count). The van der Waals surface area contributed by atoms with Crippen LogP contribution in [0.2, 0.25) is 0 Å². The second-order valence-corrected chi connectivity index (χ2v) is 5.12. The molecule has 0 aliphatic rings. The lowest BCUT2D eigenvalue weighted by molar-refractivity contribution is 0.0697. The molecule has 2 aromatic rings. The summed E-state index contributed by atoms with van der Waals surface area (Å²) in [6.45, 7) is 4.09. The van der Waals surface area contributed by atoms with Crippen molar-refractivity contribution in [3.63, 3.8) is 0 Å². The van der Waals surface area contributed by atoms with E-state index in [9.17, 15) is 9.59 Å². The Hall–Kier alpha value is -2.82. The third-order valence-corrected chi connectivity index (χ3v) is 3.63. The van der Waals surface area contributed by atoms with Crippen molar-refractivity contribution < 1.29 is 14.7 Å². The number of hydrogen-bond donors (Lipinski definition) is 3. The molecule has 0 bridgehead atoms. The van der Waals surface area contributed by atoms with Crippen LogP contribution in [0.5, 0.6) is 0 Å². The molecule has 23 heavy (non-hydrogen) atoms. The first kappa shape index (κ1) is 16.5. The zero-order chi connectivity index (χ0) is 16.8. The van der Waals surface area contributed by atoms with Gasteiger partial charge in [0.1, 0.15) is 0 Å². The van der Waals surface area contributed by atoms with Gasteiger partial charge in [0, 0.05) is 11.4 Å². The van der Waals surface area contributed by atoms with Gasteiger partial charge in [-0.05, 0) is 48.2 Å². The van der Waals surface area contributed by atoms with Crippen LogP contribution in [0.4, 0.5) is 16.2 Å². The summed E-state index contributed by atoms with van der Waals surface area (Å²) in [5.74, 6) is -0.995. The van der Waals surface area contributed by atoms with E-state index < -0.39 is 5.97 Å². The number of hydrogen-bond acceptors (Lipinski definition) is 2. The van der Waals surface area contributed by atoms with Crippen LogP contribution in [-0.2, 0) is 12.8 Å². The lowest BCUT2D eigenvalue weighted by Gasteiger charge is -2.15. The highest BCUT2D eigenvalue weighted by molar-refractivity contribution is 6.01. The molecule has 0 unspecified atom stereocenters. The predicted molar refractivity (Wildman–Crippen MR) is 91.2 cm³/mol. The van der Waals surface area contributed by atoms with E-state index >= 15 is 0 Å². The number of benzene rings is 2. The van der Waals surface area contributed by atoms with Crippen LogP contribution in [0.1, 0.15) is 35.3 Å². The molecule has 0 saturated heterocycles. The van der Waals surface area contributed by atoms with Gasteiger partial charge >= 0.3 is 12.0 Å². The third-order valence-electron chi connectivity index (χ3n) is 3.63. The molecule has 0 aliphatic carbocycles. The summed E-state index contributed by atoms with van der Waals surface area (Å²) < 4.78 is 0. The van der Waals surface area contributed by atoms with Crippen LogP contribution in [0, 0.1) is 0 Å². The fourth-order valence-corrected chi connectivity index (χ4v) is 2.38. The summed E-state index contributed by atoms with van der Waals surface area (Å²) in [6, 6.07) is 11.7. The van der Waals surface area contributed by atoms with Gasteiger partial charge in [-0.2, -0.15) is 0 Å². The number of aromatic carboxylic acids is 1. The van der Waals surface area contributed by atoms with Crippen molar-refractivity contribution in [3.8, 4) is 0 Å². The number of aryl methyl sites for hydroxylation is 2. The van der Waals surface area contributed by atoms with Crippen molar-refractivity contribution in [1.29, 1.82) is 0 Å². The summed E-state index contributed by atoms with van der Waals surface area (Å²) in [6.07, 6.45) is 1.66. The Kier molecular flexibility index (Phi) is 5.36. The Balaban J connectivity index is 2.12. The van der Waals surface area contributed by atoms with E-state index in [-0.39, 0.29) is 11.6 Å². The molecule has 120 valence electrons. The largest absolute Gasteiger partial charge is 0.478 e. The van der Waals surface area contributed by atoms with Crippen molar-refractivity contribution in [1.82, 2.24) is 0 Å². The summed E-state index contributed by atoms with van der Waals surface area (Å²) >= 11 is 0. The first-order valence-electron chi connectivity index (χ1n) is 7.57. The second kappa shape index (κ2) is 7.45. The molecule has 5 nitrogen and oxygen atoms in total. The summed E-state index contributed by atoms with van der Waals surface area (Å²) in [4.78, 5) is 23.0. The normalized spacial score (nSPS) is 10.2. The number of nitrogens with one attached hydrogen (secondary N) is 2. The van der Waals surface area contributed by atoms with Crippen LogP contribution in [-0.4, -0.2) is 17.1 Å². The van der Waals surface area contributed by atoms with Gasteiger partial charge in [0.2, 0.25) is 0 Å². The fraction of sp³-hybridized carbons (Fsp3) is 0.222. The molecular formula is C18H20N2O3. The van der Waals surface area contributed by atoms with Crippen LogP contribution >= 0.6 is 0 Å². The number of carbonyl (C=O) groups is 2. The number of amides is 2. The predicted octanol–water partition coefficient (Wildman–Crippen LogP) is 4.15. The highest BCUT2D eigenvalue weighted by atomic mass is 16.4. The molecular weight excluding hydrogens is 292 g/mol. The minimum Gasteiger partial charge on any atom is -0.478 e. The van der Waals surface area contributed by atoms with Gasteiger partial charge in [-0.3, -0.25) is 0 Å². The Morgan fingerprint density at radius 1 is 0.913 bits per heavy atom. The molecule has 0 heterocycles. The number of carboxylic acid groups (broad SMARTS) is 1. The SMILES string of the molecule is CCc1cccc(CC)c1NC(=O)Nc1ccc(C(=O)O)cc1. The van der Waals surface area contributed by atoms with Gasteiger partial charge < -0.3 is 15.7 Å². The van der Waals surface area contributed by atoms with Gasteiger partial charge in [0.25, 0.3) is 0 Å². The second-order valence-electron chi connectivity index (χ2n) is 5.12. The molecule has 0 aromatic heterocycles. The van der Waals surface area contributed by atoms with Crippen molar-refractivity contribution in [3.05, 3.63) is 59.2 Å². The molecule has 0 radical (unpaired) electrons. The van der Waals surface area contributed by atoms with E-state index in [0.717, 1.165) is 29.7 Å². The monoisotopic (exact) mass is 312 g/mol. The highest BCUT2D eigenvalue weighted by Crippen LogP contribution is 2.23. The van der Waals surface area contributed by atoms with Gasteiger partial charge in [0.15, 0.2) is 0 Å². The molecule has 3 N–H and O–H groups in total. The van der Waals surface area contributed by atoms with E-state index in [1.807, 2.05) is 32.0 Å². The molecule has 0 aliphatic heterocycles. The minimum absolute atomic E-state index is 0.181.